The van der Waals surface area contributed by atoms with Crippen LogP contribution in [-0.2, 0) is 9.57 Å². The van der Waals surface area contributed by atoms with Crippen LogP contribution in [0.2, 0.25) is 0 Å². The van der Waals surface area contributed by atoms with Gasteiger partial charge in [-0.05, 0) is 24.6 Å². The van der Waals surface area contributed by atoms with E-state index in [4.69, 9.17) is 28.2 Å². The lowest BCUT2D eigenvalue weighted by Gasteiger charge is -2.21. The monoisotopic (exact) mass is 289 g/mol. The highest BCUT2D eigenvalue weighted by Crippen LogP contribution is 2.42. The van der Waals surface area contributed by atoms with Gasteiger partial charge in [0.2, 0.25) is 0 Å². The van der Waals surface area contributed by atoms with Gasteiger partial charge in [-0.1, -0.05) is 16.7 Å². The minimum atomic E-state index is -0.642. The number of esters is 1. The van der Waals surface area contributed by atoms with Gasteiger partial charge in [-0.2, -0.15) is 0 Å². The maximum Gasteiger partial charge on any atom is 0.337 e. The number of nitrogens with zero attached hydrogens (tertiary/aromatic N) is 1. The minimum absolute atomic E-state index is 0.392. The molecule has 2 atom stereocenters. The number of carbonyl (C=O) groups is 1. The molecule has 18 heavy (non-hydrogen) atoms. The van der Waals surface area contributed by atoms with E-state index in [0.717, 1.165) is 5.56 Å². The molecule has 1 saturated heterocycles. The summed E-state index contributed by atoms with van der Waals surface area (Å²) >= 11 is 12.2. The van der Waals surface area contributed by atoms with E-state index in [9.17, 15) is 4.79 Å². The number of alkyl halides is 1. The molecular weight excluding hydrogens is 277 g/mol. The zero-order chi connectivity index (χ0) is 13.3. The van der Waals surface area contributed by atoms with Gasteiger partial charge >= 0.3 is 5.97 Å². The molecule has 0 aromatic heterocycles. The molecule has 1 aliphatic rings. The van der Waals surface area contributed by atoms with Gasteiger partial charge in [0.25, 0.3) is 0 Å². The molecule has 0 amide bonds. The molecule has 1 fully saturated rings. The number of rotatable bonds is 2. The van der Waals surface area contributed by atoms with Crippen LogP contribution in [0.15, 0.2) is 24.3 Å². The van der Waals surface area contributed by atoms with Gasteiger partial charge in [-0.3, -0.25) is 4.84 Å². The van der Waals surface area contributed by atoms with E-state index in [2.05, 4.69) is 4.74 Å². The lowest BCUT2D eigenvalue weighted by molar-refractivity contribution is -0.0784. The maximum absolute atomic E-state index is 11.5. The third-order valence-electron chi connectivity index (χ3n) is 2.81. The number of carbonyl (C=O) groups excluding carboxylic acids is 1. The molecule has 0 spiro atoms. The van der Waals surface area contributed by atoms with E-state index in [1.807, 2.05) is 13.0 Å². The Hall–Kier alpha value is -0.810. The third kappa shape index (κ3) is 2.62. The number of ether oxygens (including phenoxy) is 1. The Morgan fingerprint density at radius 2 is 2.33 bits per heavy atom. The highest BCUT2D eigenvalue weighted by molar-refractivity contribution is 6.25. The summed E-state index contributed by atoms with van der Waals surface area (Å²) in [4.78, 5) is 16.3. The average molecular weight is 290 g/mol. The van der Waals surface area contributed by atoms with Crippen LogP contribution < -0.4 is 0 Å². The number of methoxy groups -OCH3 is 1. The standard InChI is InChI=1S/C12H13Cl2NO3/c1-12(13)7-15(14)18-10(12)8-4-3-5-9(6-8)11(16)17-2/h3-6,10H,7H2,1-2H3. The van der Waals surface area contributed by atoms with Crippen molar-refractivity contribution in [2.24, 2.45) is 0 Å². The molecule has 1 aromatic rings. The summed E-state index contributed by atoms with van der Waals surface area (Å²) in [6, 6.07) is 6.98. The van der Waals surface area contributed by atoms with Crippen molar-refractivity contribution in [3.05, 3.63) is 35.4 Å². The Morgan fingerprint density at radius 1 is 1.61 bits per heavy atom. The van der Waals surface area contributed by atoms with Crippen LogP contribution in [0.4, 0.5) is 0 Å². The van der Waals surface area contributed by atoms with Crippen molar-refractivity contribution in [1.29, 1.82) is 0 Å². The first-order valence-corrected chi connectivity index (χ1v) is 6.13. The van der Waals surface area contributed by atoms with Crippen molar-refractivity contribution in [3.63, 3.8) is 0 Å². The zero-order valence-corrected chi connectivity index (χ0v) is 11.5. The minimum Gasteiger partial charge on any atom is -0.465 e. The number of halogens is 2. The summed E-state index contributed by atoms with van der Waals surface area (Å²) in [7, 11) is 1.34. The fourth-order valence-electron chi connectivity index (χ4n) is 1.94. The topological polar surface area (TPSA) is 38.8 Å². The van der Waals surface area contributed by atoms with Gasteiger partial charge in [0.15, 0.2) is 0 Å². The molecule has 1 aliphatic heterocycles. The zero-order valence-electron chi connectivity index (χ0n) is 10.0. The summed E-state index contributed by atoms with van der Waals surface area (Å²) in [5, 5.41) is 0. The van der Waals surface area contributed by atoms with Crippen molar-refractivity contribution >= 4 is 29.3 Å². The molecule has 1 heterocycles. The van der Waals surface area contributed by atoms with Crippen LogP contribution >= 0.6 is 23.4 Å². The van der Waals surface area contributed by atoms with Crippen molar-refractivity contribution in [2.45, 2.75) is 17.9 Å². The molecule has 2 unspecified atom stereocenters. The fraction of sp³-hybridized carbons (Fsp3) is 0.417. The molecule has 6 heteroatoms. The van der Waals surface area contributed by atoms with Crippen LogP contribution in [0.25, 0.3) is 0 Å². The molecule has 2 rings (SSSR count). The second-order valence-corrected chi connectivity index (χ2v) is 5.60. The van der Waals surface area contributed by atoms with Gasteiger partial charge in [0.1, 0.15) is 6.10 Å². The molecule has 0 N–H and O–H groups in total. The van der Waals surface area contributed by atoms with E-state index in [1.54, 1.807) is 18.2 Å². The third-order valence-corrected chi connectivity index (χ3v) is 3.33. The lowest BCUT2D eigenvalue weighted by Crippen LogP contribution is -2.25. The van der Waals surface area contributed by atoms with E-state index in [-0.39, 0.29) is 0 Å². The van der Waals surface area contributed by atoms with Crippen molar-refractivity contribution in [1.82, 2.24) is 4.58 Å². The number of hydrogen-bond acceptors (Lipinski definition) is 4. The number of hydroxylamine groups is 1. The van der Waals surface area contributed by atoms with E-state index >= 15 is 0 Å². The highest BCUT2D eigenvalue weighted by atomic mass is 35.5. The SMILES string of the molecule is COC(=O)c1cccc(C2ON(Cl)CC2(C)Cl)c1. The average Bonchev–Trinajstić information content (AvgIpc) is 2.61. The van der Waals surface area contributed by atoms with E-state index in [0.29, 0.717) is 12.1 Å². The summed E-state index contributed by atoms with van der Waals surface area (Å²) in [5.41, 5.74) is 1.25. The largest absolute Gasteiger partial charge is 0.465 e. The Labute approximate surface area is 115 Å². The Morgan fingerprint density at radius 3 is 2.89 bits per heavy atom. The Balaban J connectivity index is 2.31. The van der Waals surface area contributed by atoms with E-state index < -0.39 is 16.9 Å². The summed E-state index contributed by atoms with van der Waals surface area (Å²) in [5.74, 6) is -0.395. The van der Waals surface area contributed by atoms with Crippen molar-refractivity contribution in [3.8, 4) is 0 Å². The van der Waals surface area contributed by atoms with Gasteiger partial charge in [0, 0.05) is 11.8 Å². The fourth-order valence-corrected chi connectivity index (χ4v) is 2.61. The van der Waals surface area contributed by atoms with Gasteiger partial charge in [0.05, 0.1) is 24.1 Å². The Kier molecular flexibility index (Phi) is 3.82. The Bertz CT molecular complexity index is 464. The smallest absolute Gasteiger partial charge is 0.337 e. The summed E-state index contributed by atoms with van der Waals surface area (Å²) in [6.45, 7) is 2.23. The second-order valence-electron chi connectivity index (χ2n) is 4.36. The quantitative estimate of drug-likeness (QED) is 0.477. The highest BCUT2D eigenvalue weighted by Gasteiger charge is 2.44. The summed E-state index contributed by atoms with van der Waals surface area (Å²) in [6.07, 6.45) is -0.402. The van der Waals surface area contributed by atoms with Gasteiger partial charge < -0.3 is 4.74 Å². The lowest BCUT2D eigenvalue weighted by atomic mass is 9.96. The molecule has 0 saturated carbocycles. The van der Waals surface area contributed by atoms with Crippen LogP contribution in [0.1, 0.15) is 28.9 Å². The predicted molar refractivity (Wildman–Crippen MR) is 68.4 cm³/mol. The molecule has 1 aromatic carbocycles. The van der Waals surface area contributed by atoms with Crippen LogP contribution in [0, 0.1) is 0 Å². The molecule has 0 aliphatic carbocycles. The first-order chi connectivity index (χ1) is 8.44. The number of hydrogen-bond donors (Lipinski definition) is 0. The van der Waals surface area contributed by atoms with Crippen molar-refractivity contribution < 1.29 is 14.4 Å². The normalized spacial score (nSPS) is 28.3. The molecule has 0 radical (unpaired) electrons. The predicted octanol–water partition coefficient (Wildman–Crippen LogP) is 2.91. The molecule has 98 valence electrons. The van der Waals surface area contributed by atoms with E-state index in [1.165, 1.54) is 11.7 Å². The van der Waals surface area contributed by atoms with Gasteiger partial charge in [-0.15, -0.1) is 11.6 Å². The first kappa shape index (κ1) is 13.6. The maximum atomic E-state index is 11.5. The molecular formula is C12H13Cl2NO3. The van der Waals surface area contributed by atoms with Crippen LogP contribution in [0.3, 0.4) is 0 Å². The number of benzene rings is 1. The van der Waals surface area contributed by atoms with Crippen LogP contribution in [0.5, 0.6) is 0 Å². The molecule has 4 nitrogen and oxygen atoms in total. The first-order valence-electron chi connectivity index (χ1n) is 5.41. The van der Waals surface area contributed by atoms with Crippen molar-refractivity contribution in [2.75, 3.05) is 13.7 Å². The summed E-state index contributed by atoms with van der Waals surface area (Å²) < 4.78 is 5.86. The van der Waals surface area contributed by atoms with Gasteiger partial charge in [-0.25, -0.2) is 4.79 Å². The second kappa shape index (κ2) is 5.05. The van der Waals surface area contributed by atoms with Crippen LogP contribution in [-0.4, -0.2) is 29.1 Å². The molecule has 0 bridgehead atoms.